The van der Waals surface area contributed by atoms with Crippen LogP contribution in [-0.2, 0) is 9.59 Å². The highest BCUT2D eigenvalue weighted by molar-refractivity contribution is 7.14. The molecule has 0 spiro atoms. The van der Waals surface area contributed by atoms with Crippen molar-refractivity contribution >= 4 is 51.3 Å². The minimum atomic E-state index is -0.709. The Morgan fingerprint density at radius 3 is 2.55 bits per heavy atom. The van der Waals surface area contributed by atoms with Gasteiger partial charge < -0.3 is 5.73 Å². The normalized spacial score (nSPS) is 15.8. The number of hydrogen-bond donors (Lipinski definition) is 2. The number of carbonyl (C=O) groups is 2. The van der Waals surface area contributed by atoms with Gasteiger partial charge in [0.2, 0.25) is 5.91 Å². The molecule has 0 saturated heterocycles. The summed E-state index contributed by atoms with van der Waals surface area (Å²) >= 11 is 7.21. The number of carbonyl (C=O) groups excluding carboxylic acids is 2. The predicted octanol–water partition coefficient (Wildman–Crippen LogP) is 3.52. The Morgan fingerprint density at radius 1 is 1.14 bits per heavy atom. The van der Waals surface area contributed by atoms with E-state index in [1.165, 1.54) is 16.3 Å². The van der Waals surface area contributed by atoms with Gasteiger partial charge in [0.05, 0.1) is 11.4 Å². The number of primary amides is 1. The highest BCUT2D eigenvalue weighted by Crippen LogP contribution is 2.27. The van der Waals surface area contributed by atoms with E-state index in [0.29, 0.717) is 15.8 Å². The lowest BCUT2D eigenvalue weighted by molar-refractivity contribution is -0.119. The fourth-order valence-corrected chi connectivity index (χ4v) is 3.78. The number of aromatic nitrogens is 1. The molecule has 2 heterocycles. The van der Waals surface area contributed by atoms with Crippen molar-refractivity contribution < 1.29 is 9.59 Å². The number of hydrazone groups is 1. The Morgan fingerprint density at radius 2 is 1.86 bits per heavy atom. The van der Waals surface area contributed by atoms with Crippen LogP contribution in [0.5, 0.6) is 0 Å². The number of nitrogens with one attached hydrogen (secondary N) is 1. The molecule has 1 atom stereocenters. The molecule has 1 aromatic heterocycles. The van der Waals surface area contributed by atoms with Gasteiger partial charge in [-0.3, -0.25) is 19.9 Å². The Hall–Kier alpha value is -3.23. The van der Waals surface area contributed by atoms with Crippen LogP contribution in [0.4, 0.5) is 10.8 Å². The first-order chi connectivity index (χ1) is 14.0. The van der Waals surface area contributed by atoms with E-state index in [-0.39, 0.29) is 12.1 Å². The van der Waals surface area contributed by atoms with Crippen LogP contribution in [0.3, 0.4) is 0 Å². The molecule has 0 bridgehead atoms. The molecule has 9 heteroatoms. The van der Waals surface area contributed by atoms with Crippen molar-refractivity contribution in [1.29, 1.82) is 0 Å². The van der Waals surface area contributed by atoms with Crippen molar-refractivity contribution in [3.63, 3.8) is 0 Å². The summed E-state index contributed by atoms with van der Waals surface area (Å²) in [6, 6.07) is 15.7. The van der Waals surface area contributed by atoms with Crippen molar-refractivity contribution in [2.75, 3.05) is 10.3 Å². The molecule has 1 aliphatic heterocycles. The first-order valence-electron chi connectivity index (χ1n) is 8.75. The molecular weight excluding hydrogens is 410 g/mol. The van der Waals surface area contributed by atoms with Crippen LogP contribution in [0.2, 0.25) is 5.02 Å². The fourth-order valence-electron chi connectivity index (χ4n) is 2.94. The molecule has 4 rings (SSSR count). The summed E-state index contributed by atoms with van der Waals surface area (Å²) in [6.45, 7) is 0. The van der Waals surface area contributed by atoms with Crippen molar-refractivity contribution in [1.82, 2.24) is 4.98 Å². The Bertz CT molecular complexity index is 1080. The van der Waals surface area contributed by atoms with Crippen LogP contribution in [0.15, 0.2) is 65.1 Å². The summed E-state index contributed by atoms with van der Waals surface area (Å²) in [6.07, 6.45) is 0.130. The summed E-state index contributed by atoms with van der Waals surface area (Å²) in [5.41, 5.74) is 8.06. The molecule has 2 amide bonds. The summed E-state index contributed by atoms with van der Waals surface area (Å²) in [4.78, 5) is 29.0. The largest absolute Gasteiger partial charge is 0.368 e. The van der Waals surface area contributed by atoms with E-state index in [4.69, 9.17) is 17.3 Å². The Labute approximate surface area is 175 Å². The van der Waals surface area contributed by atoms with Gasteiger partial charge in [-0.25, -0.2) is 4.98 Å². The SMILES string of the molecule is NC(=O)C1CC(C(=O)Nc2nc(-c3ccc(Cl)cc3)cs2)=NN1c1ccccc1. The predicted molar refractivity (Wildman–Crippen MR) is 115 cm³/mol. The second-order valence-electron chi connectivity index (χ2n) is 6.35. The van der Waals surface area contributed by atoms with Gasteiger partial charge in [0, 0.05) is 22.4 Å². The summed E-state index contributed by atoms with van der Waals surface area (Å²) in [7, 11) is 0. The van der Waals surface area contributed by atoms with Crippen molar-refractivity contribution in [3.05, 3.63) is 65.0 Å². The lowest BCUT2D eigenvalue weighted by Crippen LogP contribution is -2.39. The molecule has 29 heavy (non-hydrogen) atoms. The van der Waals surface area contributed by atoms with Gasteiger partial charge in [0.25, 0.3) is 5.91 Å². The number of anilines is 2. The Kier molecular flexibility index (Phi) is 5.28. The summed E-state index contributed by atoms with van der Waals surface area (Å²) < 4.78 is 0. The van der Waals surface area contributed by atoms with Crippen LogP contribution in [0.1, 0.15) is 6.42 Å². The zero-order valence-corrected chi connectivity index (χ0v) is 16.7. The molecule has 2 aromatic carbocycles. The maximum absolute atomic E-state index is 12.7. The van der Waals surface area contributed by atoms with E-state index in [9.17, 15) is 9.59 Å². The van der Waals surface area contributed by atoms with Gasteiger partial charge in [-0.15, -0.1) is 11.3 Å². The lowest BCUT2D eigenvalue weighted by atomic mass is 10.1. The molecule has 1 aliphatic rings. The van der Waals surface area contributed by atoms with Gasteiger partial charge in [-0.05, 0) is 24.3 Å². The average Bonchev–Trinajstić information content (AvgIpc) is 3.37. The molecule has 0 fully saturated rings. The summed E-state index contributed by atoms with van der Waals surface area (Å²) in [5.74, 6) is -0.952. The number of hydrogen-bond acceptors (Lipinski definition) is 6. The number of rotatable bonds is 5. The number of para-hydroxylation sites is 1. The number of thiazole rings is 1. The molecule has 3 aromatic rings. The van der Waals surface area contributed by atoms with Gasteiger partial charge in [-0.1, -0.05) is 41.9 Å². The maximum atomic E-state index is 12.7. The topological polar surface area (TPSA) is 101 Å². The van der Waals surface area contributed by atoms with Crippen LogP contribution >= 0.6 is 22.9 Å². The Balaban J connectivity index is 1.51. The number of halogens is 1. The molecule has 0 radical (unpaired) electrons. The molecule has 0 saturated carbocycles. The van der Waals surface area contributed by atoms with Crippen molar-refractivity contribution in [3.8, 4) is 11.3 Å². The van der Waals surface area contributed by atoms with Gasteiger partial charge >= 0.3 is 0 Å². The number of nitrogens with two attached hydrogens (primary N) is 1. The number of amides is 2. The van der Waals surface area contributed by atoms with Gasteiger partial charge in [0.1, 0.15) is 11.8 Å². The van der Waals surface area contributed by atoms with Crippen LogP contribution < -0.4 is 16.1 Å². The number of nitrogens with zero attached hydrogens (tertiary/aromatic N) is 3. The zero-order chi connectivity index (χ0) is 20.4. The molecule has 7 nitrogen and oxygen atoms in total. The average molecular weight is 426 g/mol. The van der Waals surface area contributed by atoms with E-state index in [1.54, 1.807) is 24.3 Å². The highest BCUT2D eigenvalue weighted by Gasteiger charge is 2.35. The van der Waals surface area contributed by atoms with Gasteiger partial charge in [-0.2, -0.15) is 5.10 Å². The fraction of sp³-hybridized carbons (Fsp3) is 0.100. The molecule has 0 aliphatic carbocycles. The van der Waals surface area contributed by atoms with E-state index >= 15 is 0 Å². The minimum absolute atomic E-state index is 0.130. The molecule has 3 N–H and O–H groups in total. The first-order valence-corrected chi connectivity index (χ1v) is 10.0. The monoisotopic (exact) mass is 425 g/mol. The van der Waals surface area contributed by atoms with E-state index in [0.717, 1.165) is 11.3 Å². The third-order valence-corrected chi connectivity index (χ3v) is 5.40. The van der Waals surface area contributed by atoms with Crippen molar-refractivity contribution in [2.45, 2.75) is 12.5 Å². The lowest BCUT2D eigenvalue weighted by Gasteiger charge is -2.20. The van der Waals surface area contributed by atoms with Gasteiger partial charge in [0.15, 0.2) is 5.13 Å². The van der Waals surface area contributed by atoms with Crippen LogP contribution in [0.25, 0.3) is 11.3 Å². The van der Waals surface area contributed by atoms with Crippen LogP contribution in [-0.4, -0.2) is 28.6 Å². The second-order valence-corrected chi connectivity index (χ2v) is 7.64. The minimum Gasteiger partial charge on any atom is -0.368 e. The van der Waals surface area contributed by atoms with Crippen LogP contribution in [0, 0.1) is 0 Å². The maximum Gasteiger partial charge on any atom is 0.273 e. The van der Waals surface area contributed by atoms with E-state index in [2.05, 4.69) is 15.4 Å². The third-order valence-electron chi connectivity index (χ3n) is 4.39. The molecular formula is C20H16ClN5O2S. The van der Waals surface area contributed by atoms with E-state index in [1.807, 2.05) is 35.7 Å². The zero-order valence-electron chi connectivity index (χ0n) is 15.1. The smallest absolute Gasteiger partial charge is 0.273 e. The first kappa shape index (κ1) is 19.1. The molecule has 1 unspecified atom stereocenters. The second kappa shape index (κ2) is 8.02. The third kappa shape index (κ3) is 4.13. The summed E-state index contributed by atoms with van der Waals surface area (Å²) in [5, 5.41) is 11.5. The van der Waals surface area contributed by atoms with E-state index < -0.39 is 17.9 Å². The number of benzene rings is 2. The van der Waals surface area contributed by atoms with Crippen molar-refractivity contribution in [2.24, 2.45) is 10.8 Å². The quantitative estimate of drug-likeness (QED) is 0.653. The highest BCUT2D eigenvalue weighted by atomic mass is 35.5. The standard InChI is InChI=1S/C20H16ClN5O2S/c21-13-8-6-12(7-9-13)16-11-29-20(23-16)24-19(28)15-10-17(18(22)27)26(25-15)14-4-2-1-3-5-14/h1-9,11,17H,10H2,(H2,22,27)(H,23,24,28). The molecule has 146 valence electrons.